The molecule has 3 fully saturated rings. The summed E-state index contributed by atoms with van der Waals surface area (Å²) in [6.07, 6.45) is 7.99. The maximum absolute atomic E-state index is 12.4. The fourth-order valence-electron chi connectivity index (χ4n) is 4.23. The van der Waals surface area contributed by atoms with Gasteiger partial charge in [0, 0.05) is 64.4 Å². The smallest absolute Gasteiger partial charge is 0.319 e. The van der Waals surface area contributed by atoms with Gasteiger partial charge < -0.3 is 14.4 Å². The monoisotopic (exact) mass is 353 g/mol. The summed E-state index contributed by atoms with van der Waals surface area (Å²) in [5, 5.41) is 0. The predicted octanol–water partition coefficient (Wildman–Crippen LogP) is 2.45. The van der Waals surface area contributed by atoms with Crippen LogP contribution in [0.1, 0.15) is 18.4 Å². The topological polar surface area (TPSA) is 44.6 Å². The van der Waals surface area contributed by atoms with Gasteiger partial charge in [-0.05, 0) is 36.5 Å². The van der Waals surface area contributed by atoms with Crippen molar-refractivity contribution in [3.8, 4) is 5.69 Å². The quantitative estimate of drug-likeness (QED) is 0.851. The van der Waals surface area contributed by atoms with Crippen molar-refractivity contribution in [3.63, 3.8) is 0 Å². The Balaban J connectivity index is 1.45. The SMILES string of the molecule is CN(C)C(=O)N1C[C@@H]2CC[C@H](C1)N(Cc1ccc(-n3ccnc3)cc1)C2. The summed E-state index contributed by atoms with van der Waals surface area (Å²) in [6.45, 7) is 3.78. The molecule has 4 heterocycles. The number of benzene rings is 1. The molecule has 3 aliphatic heterocycles. The molecule has 0 unspecified atom stereocenters. The Kier molecular flexibility index (Phi) is 4.68. The van der Waals surface area contributed by atoms with Gasteiger partial charge in [-0.3, -0.25) is 4.90 Å². The van der Waals surface area contributed by atoms with Crippen LogP contribution in [0.4, 0.5) is 4.79 Å². The number of nitrogens with zero attached hydrogens (tertiary/aromatic N) is 5. The van der Waals surface area contributed by atoms with E-state index in [0.29, 0.717) is 12.0 Å². The number of aromatic nitrogens is 2. The number of carbonyl (C=O) groups excluding carboxylic acids is 1. The highest BCUT2D eigenvalue weighted by Crippen LogP contribution is 2.29. The van der Waals surface area contributed by atoms with Crippen LogP contribution in [-0.2, 0) is 6.54 Å². The first-order valence-electron chi connectivity index (χ1n) is 9.37. The lowest BCUT2D eigenvalue weighted by Gasteiger charge is -2.36. The molecule has 5 rings (SSSR count). The van der Waals surface area contributed by atoms with Gasteiger partial charge in [-0.2, -0.15) is 0 Å². The van der Waals surface area contributed by atoms with Crippen LogP contribution >= 0.6 is 0 Å². The first kappa shape index (κ1) is 17.1. The van der Waals surface area contributed by atoms with E-state index in [9.17, 15) is 4.79 Å². The number of amides is 2. The lowest BCUT2D eigenvalue weighted by molar-refractivity contribution is 0.123. The van der Waals surface area contributed by atoms with Crippen molar-refractivity contribution in [2.45, 2.75) is 25.4 Å². The van der Waals surface area contributed by atoms with Gasteiger partial charge in [0.2, 0.25) is 0 Å². The summed E-state index contributed by atoms with van der Waals surface area (Å²) >= 11 is 0. The van der Waals surface area contributed by atoms with Crippen molar-refractivity contribution in [2.24, 2.45) is 5.92 Å². The van der Waals surface area contributed by atoms with Crippen LogP contribution in [0.3, 0.4) is 0 Å². The Morgan fingerprint density at radius 2 is 1.96 bits per heavy atom. The Morgan fingerprint density at radius 1 is 1.15 bits per heavy atom. The van der Waals surface area contributed by atoms with E-state index in [0.717, 1.165) is 31.9 Å². The standard InChI is InChI=1S/C20H27N5O/c1-22(2)20(26)25-13-17-5-8-19(14-25)24(12-17)11-16-3-6-18(7-4-16)23-10-9-21-15-23/h3-4,6-7,9-10,15,17,19H,5,8,11-14H2,1-2H3/t17-,19-/m1/s1. The van der Waals surface area contributed by atoms with Crippen LogP contribution < -0.4 is 0 Å². The number of imidazole rings is 1. The highest BCUT2D eigenvalue weighted by atomic mass is 16.2. The molecule has 1 aromatic heterocycles. The van der Waals surface area contributed by atoms with Gasteiger partial charge in [0.25, 0.3) is 0 Å². The first-order valence-corrected chi connectivity index (χ1v) is 9.37. The normalized spacial score (nSPS) is 23.1. The zero-order valence-electron chi connectivity index (χ0n) is 15.6. The van der Waals surface area contributed by atoms with E-state index >= 15 is 0 Å². The van der Waals surface area contributed by atoms with Crippen LogP contribution in [0.5, 0.6) is 0 Å². The summed E-state index contributed by atoms with van der Waals surface area (Å²) in [4.78, 5) is 22.8. The van der Waals surface area contributed by atoms with E-state index in [-0.39, 0.29) is 6.03 Å². The lowest BCUT2D eigenvalue weighted by atomic mass is 9.94. The van der Waals surface area contributed by atoms with Crippen molar-refractivity contribution < 1.29 is 4.79 Å². The van der Waals surface area contributed by atoms with E-state index in [2.05, 4.69) is 34.1 Å². The maximum atomic E-state index is 12.4. The maximum Gasteiger partial charge on any atom is 0.319 e. The number of urea groups is 1. The zero-order chi connectivity index (χ0) is 18.1. The summed E-state index contributed by atoms with van der Waals surface area (Å²) < 4.78 is 2.02. The molecule has 6 heteroatoms. The molecule has 1 aromatic carbocycles. The van der Waals surface area contributed by atoms with Crippen molar-refractivity contribution in [1.29, 1.82) is 0 Å². The minimum atomic E-state index is 0.147. The fraction of sp³-hybridized carbons (Fsp3) is 0.500. The summed E-state index contributed by atoms with van der Waals surface area (Å²) in [7, 11) is 3.68. The molecule has 138 valence electrons. The number of hydrogen-bond donors (Lipinski definition) is 0. The van der Waals surface area contributed by atoms with E-state index in [1.54, 1.807) is 11.1 Å². The molecule has 0 aliphatic carbocycles. The molecule has 2 bridgehead atoms. The molecule has 2 aromatic rings. The molecule has 0 radical (unpaired) electrons. The van der Waals surface area contributed by atoms with Gasteiger partial charge >= 0.3 is 6.03 Å². The third-order valence-electron chi connectivity index (χ3n) is 5.60. The molecule has 0 saturated carbocycles. The van der Waals surface area contributed by atoms with Gasteiger partial charge in [-0.25, -0.2) is 9.78 Å². The van der Waals surface area contributed by atoms with Crippen LogP contribution in [-0.4, -0.2) is 70.1 Å². The Hall–Kier alpha value is -2.34. The Bertz CT molecular complexity index is 740. The number of rotatable bonds is 3. The second-order valence-electron chi connectivity index (χ2n) is 7.75. The molecular weight excluding hydrogens is 326 g/mol. The Morgan fingerprint density at radius 3 is 2.65 bits per heavy atom. The van der Waals surface area contributed by atoms with Crippen LogP contribution in [0, 0.1) is 5.92 Å². The van der Waals surface area contributed by atoms with Crippen molar-refractivity contribution in [1.82, 2.24) is 24.3 Å². The van der Waals surface area contributed by atoms with E-state index in [1.165, 1.54) is 18.4 Å². The number of piperidine rings is 1. The molecule has 3 aliphatic rings. The van der Waals surface area contributed by atoms with Gasteiger partial charge in [-0.15, -0.1) is 0 Å². The minimum absolute atomic E-state index is 0.147. The second kappa shape index (κ2) is 7.11. The van der Waals surface area contributed by atoms with E-state index in [4.69, 9.17) is 0 Å². The van der Waals surface area contributed by atoms with Gasteiger partial charge in [0.1, 0.15) is 0 Å². The molecule has 0 N–H and O–H groups in total. The number of fused-ring (bicyclic) bond motifs is 4. The summed E-state index contributed by atoms with van der Waals surface area (Å²) in [6, 6.07) is 9.32. The van der Waals surface area contributed by atoms with Gasteiger partial charge in [0.15, 0.2) is 0 Å². The third-order valence-corrected chi connectivity index (χ3v) is 5.60. The van der Waals surface area contributed by atoms with Crippen LogP contribution in [0.2, 0.25) is 0 Å². The van der Waals surface area contributed by atoms with Crippen LogP contribution in [0.15, 0.2) is 43.0 Å². The predicted molar refractivity (Wildman–Crippen MR) is 101 cm³/mol. The van der Waals surface area contributed by atoms with E-state index < -0.39 is 0 Å². The Labute approximate surface area is 155 Å². The molecule has 2 amide bonds. The second-order valence-corrected chi connectivity index (χ2v) is 7.75. The van der Waals surface area contributed by atoms with Gasteiger partial charge in [0.05, 0.1) is 6.33 Å². The summed E-state index contributed by atoms with van der Waals surface area (Å²) in [5.41, 5.74) is 2.46. The van der Waals surface area contributed by atoms with Crippen molar-refractivity contribution in [2.75, 3.05) is 33.7 Å². The zero-order valence-corrected chi connectivity index (χ0v) is 15.6. The average Bonchev–Trinajstić information content (AvgIpc) is 3.03. The largest absolute Gasteiger partial charge is 0.331 e. The third kappa shape index (κ3) is 3.46. The van der Waals surface area contributed by atoms with Gasteiger partial charge in [-0.1, -0.05) is 12.1 Å². The lowest BCUT2D eigenvalue weighted by Crippen LogP contribution is -2.45. The fourth-order valence-corrected chi connectivity index (χ4v) is 4.23. The highest BCUT2D eigenvalue weighted by molar-refractivity contribution is 5.74. The molecular formula is C20H27N5O. The highest BCUT2D eigenvalue weighted by Gasteiger charge is 2.36. The average molecular weight is 353 g/mol. The molecule has 3 saturated heterocycles. The summed E-state index contributed by atoms with van der Waals surface area (Å²) in [5.74, 6) is 0.586. The first-order chi connectivity index (χ1) is 12.6. The molecule has 6 nitrogen and oxygen atoms in total. The van der Waals surface area contributed by atoms with E-state index in [1.807, 2.05) is 36.1 Å². The molecule has 2 atom stereocenters. The number of hydrogen-bond acceptors (Lipinski definition) is 3. The molecule has 0 spiro atoms. The minimum Gasteiger partial charge on any atom is -0.331 e. The number of carbonyl (C=O) groups is 1. The van der Waals surface area contributed by atoms with Crippen molar-refractivity contribution in [3.05, 3.63) is 48.5 Å². The van der Waals surface area contributed by atoms with Crippen LogP contribution in [0.25, 0.3) is 5.69 Å². The molecule has 26 heavy (non-hydrogen) atoms. The van der Waals surface area contributed by atoms with Crippen molar-refractivity contribution >= 4 is 6.03 Å².